The molecule has 0 amide bonds. The lowest BCUT2D eigenvalue weighted by atomic mass is 9.91. The number of aromatic nitrogens is 1. The number of nitrogens with zero attached hydrogens (tertiary/aromatic N) is 1. The summed E-state index contributed by atoms with van der Waals surface area (Å²) in [5.74, 6) is 1.27. The molecule has 4 nitrogen and oxygen atoms in total. The van der Waals surface area contributed by atoms with Crippen molar-refractivity contribution >= 4 is 11.8 Å². The zero-order chi connectivity index (χ0) is 23.3. The van der Waals surface area contributed by atoms with Crippen molar-refractivity contribution in [2.45, 2.75) is 103 Å². The summed E-state index contributed by atoms with van der Waals surface area (Å²) in [5, 5.41) is 3.57. The quantitative estimate of drug-likeness (QED) is 0.456. The van der Waals surface area contributed by atoms with Crippen molar-refractivity contribution in [3.63, 3.8) is 0 Å². The maximum absolute atomic E-state index is 11.7. The number of carbonyl (C=O) groups excluding carboxylic acids is 1. The number of benzene rings is 1. The van der Waals surface area contributed by atoms with Crippen LogP contribution < -0.4 is 5.32 Å². The summed E-state index contributed by atoms with van der Waals surface area (Å²) in [4.78, 5) is 16.8. The number of hydrogen-bond donors (Lipinski definition) is 1. The van der Waals surface area contributed by atoms with Crippen LogP contribution in [0, 0.1) is 0 Å². The van der Waals surface area contributed by atoms with Gasteiger partial charge in [-0.05, 0) is 48.6 Å². The van der Waals surface area contributed by atoms with Crippen molar-refractivity contribution < 1.29 is 9.53 Å². The van der Waals surface area contributed by atoms with E-state index in [0.29, 0.717) is 18.0 Å². The Morgan fingerprint density at radius 2 is 1.45 bits per heavy atom. The SMILES string of the molecule is CCc1ccc(C2CCCCCCCCCCCC2)nc1NCc1ccc(C(=O)OC)cc1. The highest BCUT2D eigenvalue weighted by Crippen LogP contribution is 2.30. The van der Waals surface area contributed by atoms with Crippen molar-refractivity contribution in [1.82, 2.24) is 4.98 Å². The average molecular weight is 451 g/mol. The van der Waals surface area contributed by atoms with Gasteiger partial charge in [0.25, 0.3) is 0 Å². The molecule has 1 N–H and O–H groups in total. The van der Waals surface area contributed by atoms with Crippen molar-refractivity contribution in [2.24, 2.45) is 0 Å². The molecule has 1 aliphatic carbocycles. The minimum atomic E-state index is -0.301. The molecule has 1 aliphatic rings. The molecule has 1 aromatic heterocycles. The molecule has 0 radical (unpaired) electrons. The van der Waals surface area contributed by atoms with Crippen molar-refractivity contribution in [2.75, 3.05) is 12.4 Å². The van der Waals surface area contributed by atoms with Gasteiger partial charge in [-0.25, -0.2) is 9.78 Å². The first-order chi connectivity index (χ1) is 16.2. The largest absolute Gasteiger partial charge is 0.465 e. The molecule has 1 fully saturated rings. The van der Waals surface area contributed by atoms with E-state index in [1.807, 2.05) is 24.3 Å². The van der Waals surface area contributed by atoms with Crippen molar-refractivity contribution in [3.8, 4) is 0 Å². The molecule has 4 heteroatoms. The lowest BCUT2D eigenvalue weighted by molar-refractivity contribution is 0.0600. The zero-order valence-corrected chi connectivity index (χ0v) is 20.7. The number of methoxy groups -OCH3 is 1. The van der Waals surface area contributed by atoms with Gasteiger partial charge in [0.15, 0.2) is 0 Å². The van der Waals surface area contributed by atoms with E-state index in [-0.39, 0.29) is 5.97 Å². The number of ether oxygens (including phenoxy) is 1. The summed E-state index contributed by atoms with van der Waals surface area (Å²) < 4.78 is 4.79. The molecule has 0 spiro atoms. The van der Waals surface area contributed by atoms with E-state index in [1.54, 1.807) is 0 Å². The second-order valence-corrected chi connectivity index (χ2v) is 9.45. The molecule has 1 aromatic carbocycles. The Labute approximate surface area is 200 Å². The van der Waals surface area contributed by atoms with Crippen LogP contribution in [0.3, 0.4) is 0 Å². The highest BCUT2D eigenvalue weighted by molar-refractivity contribution is 5.89. The van der Waals surface area contributed by atoms with Crippen LogP contribution in [0.4, 0.5) is 5.82 Å². The lowest BCUT2D eigenvalue weighted by Crippen LogP contribution is -2.09. The Morgan fingerprint density at radius 1 is 0.879 bits per heavy atom. The van der Waals surface area contributed by atoms with Gasteiger partial charge in [-0.1, -0.05) is 89.3 Å². The Kier molecular flexibility index (Phi) is 10.7. The molecule has 2 aromatic rings. The lowest BCUT2D eigenvalue weighted by Gasteiger charge is -2.19. The van der Waals surface area contributed by atoms with E-state index in [2.05, 4.69) is 24.4 Å². The third-order valence-electron chi connectivity index (χ3n) is 6.99. The number of nitrogens with one attached hydrogen (secondary N) is 1. The number of hydrogen-bond acceptors (Lipinski definition) is 4. The first-order valence-electron chi connectivity index (χ1n) is 13.1. The van der Waals surface area contributed by atoms with E-state index < -0.39 is 0 Å². The van der Waals surface area contributed by atoms with Crippen LogP contribution in [-0.4, -0.2) is 18.1 Å². The van der Waals surface area contributed by atoms with Crippen LogP contribution in [0.15, 0.2) is 36.4 Å². The third-order valence-corrected chi connectivity index (χ3v) is 6.99. The maximum Gasteiger partial charge on any atom is 0.337 e. The summed E-state index contributed by atoms with van der Waals surface area (Å²) in [6, 6.07) is 12.1. The molecule has 1 heterocycles. The molecule has 0 atom stereocenters. The molecule has 0 bridgehead atoms. The van der Waals surface area contributed by atoms with Gasteiger partial charge in [-0.2, -0.15) is 0 Å². The van der Waals surface area contributed by atoms with E-state index >= 15 is 0 Å². The van der Waals surface area contributed by atoms with E-state index in [4.69, 9.17) is 9.72 Å². The maximum atomic E-state index is 11.7. The zero-order valence-electron chi connectivity index (χ0n) is 20.7. The molecule has 0 aliphatic heterocycles. The minimum absolute atomic E-state index is 0.301. The number of carbonyl (C=O) groups is 1. The molecule has 1 saturated carbocycles. The van der Waals surface area contributed by atoms with Crippen LogP contribution in [0.2, 0.25) is 0 Å². The topological polar surface area (TPSA) is 51.2 Å². The van der Waals surface area contributed by atoms with Gasteiger partial charge in [0, 0.05) is 18.2 Å². The van der Waals surface area contributed by atoms with Crippen molar-refractivity contribution in [1.29, 1.82) is 0 Å². The van der Waals surface area contributed by atoms with Gasteiger partial charge in [0.1, 0.15) is 5.82 Å². The Bertz CT molecular complexity index is 833. The van der Waals surface area contributed by atoms with Gasteiger partial charge < -0.3 is 10.1 Å². The summed E-state index contributed by atoms with van der Waals surface area (Å²) in [7, 11) is 1.41. The van der Waals surface area contributed by atoms with Crippen LogP contribution in [-0.2, 0) is 17.7 Å². The smallest absolute Gasteiger partial charge is 0.337 e. The molecule has 33 heavy (non-hydrogen) atoms. The van der Waals surface area contributed by atoms with E-state index in [0.717, 1.165) is 17.8 Å². The fourth-order valence-corrected chi connectivity index (χ4v) is 4.87. The van der Waals surface area contributed by atoms with Gasteiger partial charge in [0.2, 0.25) is 0 Å². The summed E-state index contributed by atoms with van der Waals surface area (Å²) >= 11 is 0. The van der Waals surface area contributed by atoms with Crippen LogP contribution >= 0.6 is 0 Å². The molecular formula is C29H42N2O2. The number of esters is 1. The molecular weight excluding hydrogens is 408 g/mol. The van der Waals surface area contributed by atoms with Crippen LogP contribution in [0.25, 0.3) is 0 Å². The van der Waals surface area contributed by atoms with Gasteiger partial charge in [-0.3, -0.25) is 0 Å². The predicted molar refractivity (Wildman–Crippen MR) is 137 cm³/mol. The predicted octanol–water partition coefficient (Wildman–Crippen LogP) is 7.82. The van der Waals surface area contributed by atoms with E-state index in [1.165, 1.54) is 95.4 Å². The Balaban J connectivity index is 1.67. The molecule has 0 saturated heterocycles. The van der Waals surface area contributed by atoms with Gasteiger partial charge in [0.05, 0.1) is 12.7 Å². The van der Waals surface area contributed by atoms with Gasteiger partial charge >= 0.3 is 5.97 Å². The summed E-state index contributed by atoms with van der Waals surface area (Å²) in [5.41, 5.74) is 4.22. The Morgan fingerprint density at radius 3 is 2.00 bits per heavy atom. The van der Waals surface area contributed by atoms with Gasteiger partial charge in [-0.15, -0.1) is 0 Å². The Hall–Kier alpha value is -2.36. The summed E-state index contributed by atoms with van der Waals surface area (Å²) in [6.07, 6.45) is 17.2. The minimum Gasteiger partial charge on any atom is -0.465 e. The third kappa shape index (κ3) is 8.17. The highest BCUT2D eigenvalue weighted by Gasteiger charge is 2.15. The molecule has 0 unspecified atom stereocenters. The monoisotopic (exact) mass is 450 g/mol. The number of aryl methyl sites for hydroxylation is 1. The molecule has 180 valence electrons. The van der Waals surface area contributed by atoms with Crippen LogP contribution in [0.1, 0.15) is 117 Å². The summed E-state index contributed by atoms with van der Waals surface area (Å²) in [6.45, 7) is 2.88. The highest BCUT2D eigenvalue weighted by atomic mass is 16.5. The number of anilines is 1. The number of rotatable bonds is 6. The van der Waals surface area contributed by atoms with Crippen LogP contribution in [0.5, 0.6) is 0 Å². The van der Waals surface area contributed by atoms with E-state index in [9.17, 15) is 4.79 Å². The second-order valence-electron chi connectivity index (χ2n) is 9.45. The first-order valence-corrected chi connectivity index (χ1v) is 13.1. The van der Waals surface area contributed by atoms with Crippen molar-refractivity contribution in [3.05, 3.63) is 58.8 Å². The fraction of sp³-hybridized carbons (Fsp3) is 0.586. The fourth-order valence-electron chi connectivity index (χ4n) is 4.87. The average Bonchev–Trinajstić information content (AvgIpc) is 2.89. The molecule has 3 rings (SSSR count). The normalized spacial score (nSPS) is 16.8. The first kappa shape index (κ1) is 25.3. The number of pyridine rings is 1. The standard InChI is InChI=1S/C29H42N2O2/c1-3-24-20-21-27(25-14-12-10-8-6-4-5-7-9-11-13-15-25)31-28(24)30-22-23-16-18-26(19-17-23)29(32)33-2/h16-21,25H,3-15,22H2,1-2H3,(H,30,31). The second kappa shape index (κ2) is 14.0.